The van der Waals surface area contributed by atoms with E-state index in [9.17, 15) is 4.79 Å². The smallest absolute Gasteiger partial charge is 0.132 e. The summed E-state index contributed by atoms with van der Waals surface area (Å²) in [5.74, 6) is 0.767. The molecular formula is C12H21BrO. The van der Waals surface area contributed by atoms with Crippen LogP contribution in [0.3, 0.4) is 0 Å². The SMILES string of the molecule is CC(=O)C1CCCCC(Br)CCCC1. The van der Waals surface area contributed by atoms with Gasteiger partial charge in [0.15, 0.2) is 0 Å². The van der Waals surface area contributed by atoms with Gasteiger partial charge < -0.3 is 0 Å². The van der Waals surface area contributed by atoms with Crippen LogP contribution in [0.2, 0.25) is 0 Å². The maximum absolute atomic E-state index is 11.3. The van der Waals surface area contributed by atoms with Gasteiger partial charge in [-0.3, -0.25) is 4.79 Å². The van der Waals surface area contributed by atoms with Crippen LogP contribution < -0.4 is 0 Å². The van der Waals surface area contributed by atoms with Gasteiger partial charge in [0.05, 0.1) is 0 Å². The van der Waals surface area contributed by atoms with Crippen LogP contribution in [0.1, 0.15) is 58.3 Å². The minimum atomic E-state index is 0.363. The maximum atomic E-state index is 11.3. The van der Waals surface area contributed by atoms with Crippen molar-refractivity contribution >= 4 is 21.7 Å². The van der Waals surface area contributed by atoms with Gasteiger partial charge in [-0.25, -0.2) is 0 Å². The Kier molecular flexibility index (Phi) is 5.76. The Morgan fingerprint density at radius 3 is 1.86 bits per heavy atom. The zero-order valence-corrected chi connectivity index (χ0v) is 10.7. The van der Waals surface area contributed by atoms with Gasteiger partial charge in [0.2, 0.25) is 0 Å². The van der Waals surface area contributed by atoms with Crippen LogP contribution in [0.5, 0.6) is 0 Å². The molecule has 0 spiro atoms. The molecule has 0 N–H and O–H groups in total. The van der Waals surface area contributed by atoms with E-state index in [0.717, 1.165) is 17.7 Å². The van der Waals surface area contributed by atoms with Crippen LogP contribution in [0.4, 0.5) is 0 Å². The molecule has 0 atom stereocenters. The summed E-state index contributed by atoms with van der Waals surface area (Å²) in [5, 5.41) is 0. The predicted molar refractivity (Wildman–Crippen MR) is 63.8 cm³/mol. The van der Waals surface area contributed by atoms with E-state index in [4.69, 9.17) is 0 Å². The van der Waals surface area contributed by atoms with Gasteiger partial charge in [-0.05, 0) is 32.6 Å². The number of Topliss-reactive ketones (excluding diaryl/α,β-unsaturated/α-hetero) is 1. The van der Waals surface area contributed by atoms with E-state index in [1.807, 2.05) is 0 Å². The van der Waals surface area contributed by atoms with Crippen LogP contribution in [-0.2, 0) is 4.79 Å². The van der Waals surface area contributed by atoms with E-state index in [2.05, 4.69) is 15.9 Å². The van der Waals surface area contributed by atoms with Crippen molar-refractivity contribution in [2.45, 2.75) is 63.1 Å². The monoisotopic (exact) mass is 260 g/mol. The normalized spacial score (nSPS) is 31.0. The van der Waals surface area contributed by atoms with Crippen molar-refractivity contribution in [3.8, 4) is 0 Å². The highest BCUT2D eigenvalue weighted by Gasteiger charge is 2.15. The predicted octanol–water partition coefficient (Wildman–Crippen LogP) is 4.09. The summed E-state index contributed by atoms with van der Waals surface area (Å²) in [6.07, 6.45) is 9.82. The fourth-order valence-electron chi connectivity index (χ4n) is 2.21. The molecule has 0 bridgehead atoms. The highest BCUT2D eigenvalue weighted by molar-refractivity contribution is 9.09. The molecule has 0 aromatic rings. The summed E-state index contributed by atoms with van der Waals surface area (Å²) in [6, 6.07) is 0. The largest absolute Gasteiger partial charge is 0.300 e. The van der Waals surface area contributed by atoms with Crippen LogP contribution in [0.25, 0.3) is 0 Å². The summed E-state index contributed by atoms with van der Waals surface area (Å²) >= 11 is 3.71. The minimum absolute atomic E-state index is 0.363. The first-order valence-corrected chi connectivity index (χ1v) is 6.76. The lowest BCUT2D eigenvalue weighted by atomic mass is 9.90. The zero-order chi connectivity index (χ0) is 10.4. The molecule has 2 heteroatoms. The number of hydrogen-bond acceptors (Lipinski definition) is 1. The van der Waals surface area contributed by atoms with Crippen molar-refractivity contribution in [2.24, 2.45) is 5.92 Å². The van der Waals surface area contributed by atoms with Crippen molar-refractivity contribution < 1.29 is 4.79 Å². The van der Waals surface area contributed by atoms with Gasteiger partial charge in [-0.1, -0.05) is 41.6 Å². The standard InChI is InChI=1S/C12H21BrO/c1-10(14)11-6-2-4-8-12(13)9-5-3-7-11/h11-12H,2-9H2,1H3. The molecule has 1 fully saturated rings. The molecule has 1 aliphatic rings. The van der Waals surface area contributed by atoms with Crippen molar-refractivity contribution in [2.75, 3.05) is 0 Å². The molecule has 1 saturated carbocycles. The minimum Gasteiger partial charge on any atom is -0.300 e. The van der Waals surface area contributed by atoms with Gasteiger partial charge >= 0.3 is 0 Å². The molecule has 82 valence electrons. The third-order valence-corrected chi connectivity index (χ3v) is 4.13. The topological polar surface area (TPSA) is 17.1 Å². The van der Waals surface area contributed by atoms with Gasteiger partial charge in [-0.15, -0.1) is 0 Å². The second kappa shape index (κ2) is 6.60. The number of carbonyl (C=O) groups excluding carboxylic acids is 1. The first kappa shape index (κ1) is 12.2. The third-order valence-electron chi connectivity index (χ3n) is 3.21. The lowest BCUT2D eigenvalue weighted by Gasteiger charge is -2.17. The fraction of sp³-hybridized carbons (Fsp3) is 0.917. The Bertz CT molecular complexity index is 167. The fourth-order valence-corrected chi connectivity index (χ4v) is 2.86. The van der Waals surface area contributed by atoms with E-state index in [0.29, 0.717) is 11.7 Å². The second-order valence-electron chi connectivity index (χ2n) is 4.47. The number of ketones is 1. The Labute approximate surface area is 95.8 Å². The lowest BCUT2D eigenvalue weighted by molar-refractivity contribution is -0.121. The summed E-state index contributed by atoms with van der Waals surface area (Å²) in [7, 11) is 0. The van der Waals surface area contributed by atoms with E-state index >= 15 is 0 Å². The number of rotatable bonds is 1. The average molecular weight is 261 g/mol. The van der Waals surface area contributed by atoms with Crippen molar-refractivity contribution in [3.05, 3.63) is 0 Å². The average Bonchev–Trinajstić information content (AvgIpc) is 2.15. The molecule has 0 radical (unpaired) electrons. The van der Waals surface area contributed by atoms with Gasteiger partial charge in [0, 0.05) is 10.7 Å². The van der Waals surface area contributed by atoms with E-state index < -0.39 is 0 Å². The molecule has 0 saturated heterocycles. The summed E-state index contributed by atoms with van der Waals surface area (Å²) in [5.41, 5.74) is 0. The molecule has 0 aromatic carbocycles. The highest BCUT2D eigenvalue weighted by atomic mass is 79.9. The number of alkyl halides is 1. The first-order valence-electron chi connectivity index (χ1n) is 5.84. The molecule has 0 heterocycles. The molecule has 0 unspecified atom stereocenters. The summed E-state index contributed by atoms with van der Waals surface area (Å²) in [4.78, 5) is 12.0. The maximum Gasteiger partial charge on any atom is 0.132 e. The lowest BCUT2D eigenvalue weighted by Crippen LogP contribution is -2.12. The molecule has 1 nitrogen and oxygen atoms in total. The van der Waals surface area contributed by atoms with Gasteiger partial charge in [-0.2, -0.15) is 0 Å². The number of hydrogen-bond donors (Lipinski definition) is 0. The van der Waals surface area contributed by atoms with Gasteiger partial charge in [0.1, 0.15) is 5.78 Å². The van der Waals surface area contributed by atoms with Crippen molar-refractivity contribution in [3.63, 3.8) is 0 Å². The summed E-state index contributed by atoms with van der Waals surface area (Å²) in [6.45, 7) is 1.75. The molecule has 0 aromatic heterocycles. The zero-order valence-electron chi connectivity index (χ0n) is 9.10. The van der Waals surface area contributed by atoms with E-state index in [-0.39, 0.29) is 0 Å². The van der Waals surface area contributed by atoms with Gasteiger partial charge in [0.25, 0.3) is 0 Å². The van der Waals surface area contributed by atoms with Crippen LogP contribution in [0.15, 0.2) is 0 Å². The second-order valence-corrected chi connectivity index (χ2v) is 5.77. The molecule has 1 rings (SSSR count). The quantitative estimate of drug-likeness (QED) is 0.650. The molecule has 14 heavy (non-hydrogen) atoms. The van der Waals surface area contributed by atoms with Crippen molar-refractivity contribution in [1.29, 1.82) is 0 Å². The highest BCUT2D eigenvalue weighted by Crippen LogP contribution is 2.24. The molecule has 0 amide bonds. The Morgan fingerprint density at radius 2 is 1.43 bits per heavy atom. The third kappa shape index (κ3) is 4.59. The molecule has 1 aliphatic carbocycles. The first-order chi connectivity index (χ1) is 6.70. The molecule has 0 aliphatic heterocycles. The number of carbonyl (C=O) groups is 1. The Morgan fingerprint density at radius 1 is 1.00 bits per heavy atom. The van der Waals surface area contributed by atoms with Crippen LogP contribution in [0, 0.1) is 5.92 Å². The summed E-state index contributed by atoms with van der Waals surface area (Å²) < 4.78 is 0. The van der Waals surface area contributed by atoms with Crippen LogP contribution in [-0.4, -0.2) is 10.6 Å². The van der Waals surface area contributed by atoms with E-state index in [1.54, 1.807) is 6.92 Å². The van der Waals surface area contributed by atoms with E-state index in [1.165, 1.54) is 38.5 Å². The van der Waals surface area contributed by atoms with Crippen LogP contribution >= 0.6 is 15.9 Å². The molecular weight excluding hydrogens is 240 g/mol. The Balaban J connectivity index is 2.35. The number of halogens is 1. The van der Waals surface area contributed by atoms with Crippen molar-refractivity contribution in [1.82, 2.24) is 0 Å². The Hall–Kier alpha value is 0.150.